The topological polar surface area (TPSA) is 83.9 Å². The molecule has 20 heavy (non-hydrogen) atoms. The predicted octanol–water partition coefficient (Wildman–Crippen LogP) is 2.46. The number of nitrogens with zero attached hydrogens (tertiary/aromatic N) is 1. The van der Waals surface area contributed by atoms with E-state index >= 15 is 0 Å². The molecule has 0 saturated carbocycles. The fourth-order valence-corrected chi connectivity index (χ4v) is 1.95. The second-order valence-corrected chi connectivity index (χ2v) is 4.54. The summed E-state index contributed by atoms with van der Waals surface area (Å²) in [4.78, 5) is 24.5. The van der Waals surface area contributed by atoms with Crippen LogP contribution in [0.2, 0.25) is 0 Å². The number of aromatic carboxylic acids is 1. The van der Waals surface area contributed by atoms with E-state index in [0.717, 1.165) is 0 Å². The van der Waals surface area contributed by atoms with Crippen LogP contribution in [0, 0.1) is 13.8 Å². The number of rotatable bonds is 4. The van der Waals surface area contributed by atoms with Crippen LogP contribution in [-0.2, 0) is 6.54 Å². The van der Waals surface area contributed by atoms with Crippen molar-refractivity contribution in [2.24, 2.45) is 0 Å². The van der Waals surface area contributed by atoms with E-state index in [1.165, 1.54) is 17.2 Å². The summed E-state index contributed by atoms with van der Waals surface area (Å²) < 4.78 is 10.4. The molecule has 0 aliphatic rings. The summed E-state index contributed by atoms with van der Waals surface area (Å²) in [7, 11) is 1.62. The molecule has 0 aliphatic carbocycles. The van der Waals surface area contributed by atoms with Crippen molar-refractivity contribution < 1.29 is 23.5 Å². The number of furan rings is 2. The van der Waals surface area contributed by atoms with E-state index in [4.69, 9.17) is 13.9 Å². The van der Waals surface area contributed by atoms with Gasteiger partial charge in [-0.05, 0) is 26.0 Å². The Morgan fingerprint density at radius 1 is 1.25 bits per heavy atom. The van der Waals surface area contributed by atoms with Gasteiger partial charge in [-0.1, -0.05) is 0 Å². The third-order valence-corrected chi connectivity index (χ3v) is 3.03. The molecule has 0 aliphatic heterocycles. The first-order valence-electron chi connectivity index (χ1n) is 6.02. The Morgan fingerprint density at radius 3 is 2.45 bits per heavy atom. The number of carboxylic acids is 1. The molecule has 106 valence electrons. The number of amides is 1. The van der Waals surface area contributed by atoms with Crippen molar-refractivity contribution in [3.05, 3.63) is 46.8 Å². The third-order valence-electron chi connectivity index (χ3n) is 3.03. The second kappa shape index (κ2) is 5.24. The van der Waals surface area contributed by atoms with E-state index in [1.54, 1.807) is 27.0 Å². The van der Waals surface area contributed by atoms with Crippen molar-refractivity contribution in [2.75, 3.05) is 7.05 Å². The molecular weight excluding hydrogens is 262 g/mol. The highest BCUT2D eigenvalue weighted by molar-refractivity contribution is 5.95. The Labute approximate surface area is 115 Å². The highest BCUT2D eigenvalue weighted by Crippen LogP contribution is 2.18. The smallest absolute Gasteiger partial charge is 0.339 e. The lowest BCUT2D eigenvalue weighted by Gasteiger charge is -2.14. The minimum absolute atomic E-state index is 0.111. The molecule has 0 spiro atoms. The Balaban J connectivity index is 2.14. The monoisotopic (exact) mass is 277 g/mol. The number of hydrogen-bond donors (Lipinski definition) is 1. The van der Waals surface area contributed by atoms with Crippen LogP contribution in [0.1, 0.15) is 38.0 Å². The van der Waals surface area contributed by atoms with Crippen LogP contribution in [0.4, 0.5) is 0 Å². The van der Waals surface area contributed by atoms with Crippen molar-refractivity contribution in [3.63, 3.8) is 0 Å². The number of carbonyl (C=O) groups is 2. The van der Waals surface area contributed by atoms with E-state index in [1.807, 2.05) is 0 Å². The molecular formula is C14H15NO5. The van der Waals surface area contributed by atoms with Crippen molar-refractivity contribution in [2.45, 2.75) is 20.4 Å². The summed E-state index contributed by atoms with van der Waals surface area (Å²) in [5.74, 6) is 0.0489. The third kappa shape index (κ3) is 2.59. The molecule has 0 saturated heterocycles. The van der Waals surface area contributed by atoms with Gasteiger partial charge in [-0.15, -0.1) is 0 Å². The second-order valence-electron chi connectivity index (χ2n) is 4.54. The van der Waals surface area contributed by atoms with Crippen LogP contribution < -0.4 is 0 Å². The Morgan fingerprint density at radius 2 is 1.95 bits per heavy atom. The zero-order valence-electron chi connectivity index (χ0n) is 11.5. The Hall–Kier alpha value is -2.50. The zero-order chi connectivity index (χ0) is 14.9. The Kier molecular flexibility index (Phi) is 3.65. The summed E-state index contributed by atoms with van der Waals surface area (Å²) in [6.07, 6.45) is 1.45. The molecule has 6 heteroatoms. The van der Waals surface area contributed by atoms with Gasteiger partial charge in [-0.25, -0.2) is 4.79 Å². The summed E-state index contributed by atoms with van der Waals surface area (Å²) in [5, 5.41) is 8.96. The first kappa shape index (κ1) is 13.9. The lowest BCUT2D eigenvalue weighted by atomic mass is 10.2. The van der Waals surface area contributed by atoms with Crippen LogP contribution in [0.25, 0.3) is 0 Å². The maximum Gasteiger partial charge on any atom is 0.339 e. The summed E-state index contributed by atoms with van der Waals surface area (Å²) in [6, 6.07) is 3.04. The molecule has 0 fully saturated rings. The van der Waals surface area contributed by atoms with E-state index in [0.29, 0.717) is 22.8 Å². The molecule has 2 aromatic rings. The first-order valence-corrected chi connectivity index (χ1v) is 6.02. The van der Waals surface area contributed by atoms with Crippen molar-refractivity contribution in [1.29, 1.82) is 0 Å². The van der Waals surface area contributed by atoms with Gasteiger partial charge in [0.25, 0.3) is 5.91 Å². The van der Waals surface area contributed by atoms with Gasteiger partial charge in [0.15, 0.2) is 0 Å². The van der Waals surface area contributed by atoms with Crippen molar-refractivity contribution >= 4 is 11.9 Å². The minimum atomic E-state index is -1.04. The van der Waals surface area contributed by atoms with Crippen LogP contribution in [0.3, 0.4) is 0 Å². The van der Waals surface area contributed by atoms with Crippen molar-refractivity contribution in [1.82, 2.24) is 4.90 Å². The fourth-order valence-electron chi connectivity index (χ4n) is 1.95. The van der Waals surface area contributed by atoms with Gasteiger partial charge in [-0.3, -0.25) is 4.79 Å². The average Bonchev–Trinajstić information content (AvgIpc) is 2.94. The zero-order valence-corrected chi connectivity index (χ0v) is 11.5. The lowest BCUT2D eigenvalue weighted by Crippen LogP contribution is -2.26. The van der Waals surface area contributed by atoms with Gasteiger partial charge < -0.3 is 18.8 Å². The number of carboxylic acid groups (broad SMARTS) is 1. The SMILES string of the molecule is Cc1oc(CN(C)C(=O)c2ccoc2C)cc1C(=O)O. The van der Waals surface area contributed by atoms with Gasteiger partial charge in [-0.2, -0.15) is 0 Å². The molecule has 2 aromatic heterocycles. The fraction of sp³-hybridized carbons (Fsp3) is 0.286. The maximum atomic E-state index is 12.2. The number of aryl methyl sites for hydroxylation is 2. The molecule has 2 rings (SSSR count). The quantitative estimate of drug-likeness (QED) is 0.928. The van der Waals surface area contributed by atoms with Gasteiger partial charge in [0.2, 0.25) is 0 Å². The van der Waals surface area contributed by atoms with Crippen LogP contribution >= 0.6 is 0 Å². The molecule has 1 N–H and O–H groups in total. The van der Waals surface area contributed by atoms with E-state index in [2.05, 4.69) is 0 Å². The lowest BCUT2D eigenvalue weighted by molar-refractivity contribution is 0.0694. The maximum absolute atomic E-state index is 12.2. The molecule has 0 aromatic carbocycles. The van der Waals surface area contributed by atoms with Crippen LogP contribution in [0.15, 0.2) is 27.2 Å². The largest absolute Gasteiger partial charge is 0.478 e. The van der Waals surface area contributed by atoms with E-state index < -0.39 is 5.97 Å². The Bertz CT molecular complexity index is 652. The molecule has 0 atom stereocenters. The summed E-state index contributed by atoms with van der Waals surface area (Å²) in [6.45, 7) is 3.48. The molecule has 1 amide bonds. The van der Waals surface area contributed by atoms with Crippen LogP contribution in [0.5, 0.6) is 0 Å². The summed E-state index contributed by atoms with van der Waals surface area (Å²) >= 11 is 0. The molecule has 0 bridgehead atoms. The molecule has 0 unspecified atom stereocenters. The normalized spacial score (nSPS) is 10.6. The average molecular weight is 277 g/mol. The molecule has 2 heterocycles. The standard InChI is InChI=1S/C14H15NO5/c1-8-11(4-5-19-8)13(16)15(3)7-10-6-12(14(17)18)9(2)20-10/h4-6H,7H2,1-3H3,(H,17,18). The molecule has 0 radical (unpaired) electrons. The van der Waals surface area contributed by atoms with Crippen molar-refractivity contribution in [3.8, 4) is 0 Å². The highest BCUT2D eigenvalue weighted by Gasteiger charge is 2.19. The van der Waals surface area contributed by atoms with E-state index in [-0.39, 0.29) is 18.0 Å². The van der Waals surface area contributed by atoms with Gasteiger partial charge in [0, 0.05) is 7.05 Å². The number of hydrogen-bond acceptors (Lipinski definition) is 4. The first-order chi connectivity index (χ1) is 9.40. The predicted molar refractivity (Wildman–Crippen MR) is 69.6 cm³/mol. The van der Waals surface area contributed by atoms with Gasteiger partial charge in [0.05, 0.1) is 18.4 Å². The van der Waals surface area contributed by atoms with Gasteiger partial charge >= 0.3 is 5.97 Å². The van der Waals surface area contributed by atoms with E-state index in [9.17, 15) is 9.59 Å². The van der Waals surface area contributed by atoms with Gasteiger partial charge in [0.1, 0.15) is 22.8 Å². The minimum Gasteiger partial charge on any atom is -0.478 e. The summed E-state index contributed by atoms with van der Waals surface area (Å²) in [5.41, 5.74) is 0.592. The number of carbonyl (C=O) groups excluding carboxylic acids is 1. The van der Waals surface area contributed by atoms with Crippen LogP contribution in [-0.4, -0.2) is 28.9 Å². The highest BCUT2D eigenvalue weighted by atomic mass is 16.4. The molecule has 6 nitrogen and oxygen atoms in total.